The summed E-state index contributed by atoms with van der Waals surface area (Å²) >= 11 is 0. The molecule has 1 unspecified atom stereocenters. The molecule has 1 aromatic carbocycles. The maximum Gasteiger partial charge on any atom is 0.142 e. The molecule has 1 fully saturated rings. The van der Waals surface area contributed by atoms with Gasteiger partial charge >= 0.3 is 0 Å². The summed E-state index contributed by atoms with van der Waals surface area (Å²) in [7, 11) is 0. The van der Waals surface area contributed by atoms with Gasteiger partial charge in [0.1, 0.15) is 11.6 Å². The number of ether oxygens (including phenoxy) is 1. The number of imidazole rings is 1. The first-order valence-electron chi connectivity index (χ1n) is 7.23. The molecular weight excluding hydrogens is 262 g/mol. The number of anilines is 1. The number of terminal acetylenes is 1. The van der Waals surface area contributed by atoms with Crippen LogP contribution in [-0.2, 0) is 11.3 Å². The molecule has 0 amide bonds. The lowest BCUT2D eigenvalue weighted by molar-refractivity contribution is 0.0796. The predicted octanol–water partition coefficient (Wildman–Crippen LogP) is 2.66. The quantitative estimate of drug-likeness (QED) is 0.880. The van der Waals surface area contributed by atoms with E-state index in [0.717, 1.165) is 36.5 Å². The van der Waals surface area contributed by atoms with Crippen molar-refractivity contribution >= 4 is 5.82 Å². The molecule has 1 atom stereocenters. The lowest BCUT2D eigenvalue weighted by atomic mass is 9.98. The van der Waals surface area contributed by atoms with Crippen molar-refractivity contribution in [3.8, 4) is 23.7 Å². The zero-order valence-electron chi connectivity index (χ0n) is 12.0. The monoisotopic (exact) mass is 281 g/mol. The molecule has 1 aliphatic heterocycles. The van der Waals surface area contributed by atoms with Gasteiger partial charge in [-0.25, -0.2) is 4.98 Å². The van der Waals surface area contributed by atoms with Crippen LogP contribution in [0.25, 0.3) is 11.4 Å². The van der Waals surface area contributed by atoms with Crippen molar-refractivity contribution in [2.75, 3.05) is 18.9 Å². The molecule has 2 aromatic rings. The maximum atomic E-state index is 6.31. The summed E-state index contributed by atoms with van der Waals surface area (Å²) in [6.07, 6.45) is 7.59. The van der Waals surface area contributed by atoms with Gasteiger partial charge in [-0.05, 0) is 12.8 Å². The predicted molar refractivity (Wildman–Crippen MR) is 83.7 cm³/mol. The Kier molecular flexibility index (Phi) is 3.94. The SMILES string of the molecule is C#CCn1c(-c2ccccc2)nc(C2CCCOC2)c1N. The van der Waals surface area contributed by atoms with E-state index in [0.29, 0.717) is 19.0 Å². The molecule has 1 aromatic heterocycles. The van der Waals surface area contributed by atoms with E-state index in [-0.39, 0.29) is 5.92 Å². The van der Waals surface area contributed by atoms with E-state index in [4.69, 9.17) is 21.9 Å². The Bertz CT molecular complexity index is 649. The van der Waals surface area contributed by atoms with Gasteiger partial charge in [0, 0.05) is 18.1 Å². The van der Waals surface area contributed by atoms with Crippen LogP contribution in [0.3, 0.4) is 0 Å². The molecule has 0 spiro atoms. The number of benzene rings is 1. The topological polar surface area (TPSA) is 53.1 Å². The standard InChI is InChI=1S/C17H19N3O/c1-2-10-20-16(18)15(14-9-6-11-21-12-14)19-17(20)13-7-4-3-5-8-13/h1,3-5,7-8,14H,6,9-12,18H2. The molecule has 21 heavy (non-hydrogen) atoms. The molecule has 3 rings (SSSR count). The highest BCUT2D eigenvalue weighted by atomic mass is 16.5. The summed E-state index contributed by atoms with van der Waals surface area (Å²) in [5, 5.41) is 0. The van der Waals surface area contributed by atoms with Crippen molar-refractivity contribution in [1.82, 2.24) is 9.55 Å². The van der Waals surface area contributed by atoms with Gasteiger partial charge in [-0.2, -0.15) is 0 Å². The average molecular weight is 281 g/mol. The molecule has 0 bridgehead atoms. The van der Waals surface area contributed by atoms with Crippen LogP contribution in [0.5, 0.6) is 0 Å². The minimum atomic E-state index is 0.264. The third-order valence-electron chi connectivity index (χ3n) is 3.86. The Morgan fingerprint density at radius 1 is 1.38 bits per heavy atom. The molecule has 1 aliphatic rings. The van der Waals surface area contributed by atoms with Gasteiger partial charge < -0.3 is 10.5 Å². The van der Waals surface area contributed by atoms with Gasteiger partial charge in [-0.1, -0.05) is 36.3 Å². The van der Waals surface area contributed by atoms with Crippen molar-refractivity contribution in [3.63, 3.8) is 0 Å². The van der Waals surface area contributed by atoms with Crippen LogP contribution in [0.4, 0.5) is 5.82 Å². The van der Waals surface area contributed by atoms with Gasteiger partial charge in [0.25, 0.3) is 0 Å². The van der Waals surface area contributed by atoms with Crippen molar-refractivity contribution < 1.29 is 4.74 Å². The van der Waals surface area contributed by atoms with Crippen molar-refractivity contribution in [1.29, 1.82) is 0 Å². The van der Waals surface area contributed by atoms with E-state index in [9.17, 15) is 0 Å². The number of hydrogen-bond acceptors (Lipinski definition) is 3. The van der Waals surface area contributed by atoms with Crippen LogP contribution in [-0.4, -0.2) is 22.8 Å². The molecule has 1 saturated heterocycles. The average Bonchev–Trinajstić information content (AvgIpc) is 2.87. The fourth-order valence-corrected chi connectivity index (χ4v) is 2.80. The van der Waals surface area contributed by atoms with E-state index in [1.54, 1.807) is 0 Å². The molecule has 2 heterocycles. The zero-order valence-corrected chi connectivity index (χ0v) is 12.0. The molecule has 4 heteroatoms. The van der Waals surface area contributed by atoms with E-state index in [1.807, 2.05) is 34.9 Å². The largest absolute Gasteiger partial charge is 0.383 e. The second-order valence-corrected chi connectivity index (χ2v) is 5.28. The maximum absolute atomic E-state index is 6.31. The third-order valence-corrected chi connectivity index (χ3v) is 3.86. The Hall–Kier alpha value is -2.25. The van der Waals surface area contributed by atoms with Gasteiger partial charge in [-0.3, -0.25) is 4.57 Å². The van der Waals surface area contributed by atoms with Crippen molar-refractivity contribution in [3.05, 3.63) is 36.0 Å². The third kappa shape index (κ3) is 2.65. The minimum absolute atomic E-state index is 0.264. The summed E-state index contributed by atoms with van der Waals surface area (Å²) in [5.41, 5.74) is 8.26. The number of nitrogens with zero attached hydrogens (tertiary/aromatic N) is 2. The number of hydrogen-bond donors (Lipinski definition) is 1. The first-order chi connectivity index (χ1) is 10.3. The highest BCUT2D eigenvalue weighted by Crippen LogP contribution is 2.32. The Balaban J connectivity index is 2.05. The van der Waals surface area contributed by atoms with Crippen LogP contribution < -0.4 is 5.73 Å². The number of rotatable bonds is 3. The van der Waals surface area contributed by atoms with Crippen LogP contribution in [0.15, 0.2) is 30.3 Å². The van der Waals surface area contributed by atoms with Crippen LogP contribution >= 0.6 is 0 Å². The van der Waals surface area contributed by atoms with E-state index in [2.05, 4.69) is 5.92 Å². The van der Waals surface area contributed by atoms with Crippen molar-refractivity contribution in [2.45, 2.75) is 25.3 Å². The summed E-state index contributed by atoms with van der Waals surface area (Å²) in [5.74, 6) is 4.44. The second kappa shape index (κ2) is 6.02. The molecule has 0 saturated carbocycles. The van der Waals surface area contributed by atoms with Crippen LogP contribution in [0.2, 0.25) is 0 Å². The Morgan fingerprint density at radius 2 is 2.19 bits per heavy atom. The summed E-state index contributed by atoms with van der Waals surface area (Å²) in [4.78, 5) is 4.78. The Morgan fingerprint density at radius 3 is 2.86 bits per heavy atom. The molecule has 0 radical (unpaired) electrons. The van der Waals surface area contributed by atoms with Gasteiger partial charge in [-0.15, -0.1) is 6.42 Å². The summed E-state index contributed by atoms with van der Waals surface area (Å²) in [6.45, 7) is 1.94. The normalized spacial score (nSPS) is 18.3. The van der Waals surface area contributed by atoms with E-state index < -0.39 is 0 Å². The fourth-order valence-electron chi connectivity index (χ4n) is 2.80. The molecule has 0 aliphatic carbocycles. The van der Waals surface area contributed by atoms with Crippen LogP contribution in [0.1, 0.15) is 24.5 Å². The summed E-state index contributed by atoms with van der Waals surface area (Å²) in [6, 6.07) is 10.0. The molecular formula is C17H19N3O. The Labute approximate surface area is 124 Å². The molecule has 4 nitrogen and oxygen atoms in total. The zero-order chi connectivity index (χ0) is 14.7. The molecule has 108 valence electrons. The molecule has 2 N–H and O–H groups in total. The van der Waals surface area contributed by atoms with Crippen LogP contribution in [0, 0.1) is 12.3 Å². The minimum Gasteiger partial charge on any atom is -0.383 e. The highest BCUT2D eigenvalue weighted by molar-refractivity contribution is 5.61. The fraction of sp³-hybridized carbons (Fsp3) is 0.353. The first-order valence-corrected chi connectivity index (χ1v) is 7.23. The van der Waals surface area contributed by atoms with E-state index >= 15 is 0 Å². The van der Waals surface area contributed by atoms with Gasteiger partial charge in [0.05, 0.1) is 18.8 Å². The number of aromatic nitrogens is 2. The number of nitrogens with two attached hydrogens (primary N) is 1. The lowest BCUT2D eigenvalue weighted by Crippen LogP contribution is -2.17. The smallest absolute Gasteiger partial charge is 0.142 e. The lowest BCUT2D eigenvalue weighted by Gasteiger charge is -2.20. The summed E-state index contributed by atoms with van der Waals surface area (Å²) < 4.78 is 7.48. The highest BCUT2D eigenvalue weighted by Gasteiger charge is 2.24. The first kappa shape index (κ1) is 13.7. The second-order valence-electron chi connectivity index (χ2n) is 5.28. The number of nitrogen functional groups attached to an aromatic ring is 1. The van der Waals surface area contributed by atoms with Gasteiger partial charge in [0.15, 0.2) is 0 Å². The van der Waals surface area contributed by atoms with Crippen molar-refractivity contribution in [2.24, 2.45) is 0 Å². The van der Waals surface area contributed by atoms with Gasteiger partial charge in [0.2, 0.25) is 0 Å². The van der Waals surface area contributed by atoms with E-state index in [1.165, 1.54) is 0 Å².